The Morgan fingerprint density at radius 2 is 0.980 bits per heavy atom. The van der Waals surface area contributed by atoms with E-state index in [0.717, 1.165) is 38.6 Å². The van der Waals surface area contributed by atoms with Crippen molar-refractivity contribution in [1.29, 1.82) is 10.5 Å². The van der Waals surface area contributed by atoms with E-state index < -0.39 is 8.07 Å². The van der Waals surface area contributed by atoms with E-state index in [-0.39, 0.29) is 0 Å². The minimum atomic E-state index is -2.71. The number of nitrogens with zero attached hydrogens (tertiary/aromatic N) is 4. The lowest BCUT2D eigenvalue weighted by atomic mass is 10.0. The molecular formula is C45H28N4Si. The lowest BCUT2D eigenvalue weighted by Gasteiger charge is -2.34. The number of rotatable bonds is 6. The fraction of sp³-hybridized carbons (Fsp3) is 0. The van der Waals surface area contributed by atoms with Crippen LogP contribution in [0.3, 0.4) is 0 Å². The van der Waals surface area contributed by atoms with Crippen LogP contribution < -0.4 is 20.7 Å². The minimum absolute atomic E-state index is 0.539. The minimum Gasteiger partial charge on any atom is -0.309 e. The van der Waals surface area contributed by atoms with Crippen molar-refractivity contribution in [2.45, 2.75) is 0 Å². The van der Waals surface area contributed by atoms with Gasteiger partial charge in [-0.1, -0.05) is 121 Å². The van der Waals surface area contributed by atoms with E-state index in [1.54, 1.807) is 0 Å². The molecule has 8 rings (SSSR count). The normalized spacial score (nSPS) is 11.1. The second-order valence-corrected chi connectivity index (χ2v) is 16.1. The fourth-order valence-electron chi connectivity index (χ4n) is 7.41. The van der Waals surface area contributed by atoms with Crippen molar-refractivity contribution in [1.82, 2.24) is 4.57 Å². The molecule has 0 saturated heterocycles. The smallest absolute Gasteiger partial charge is 0.188 e. The van der Waals surface area contributed by atoms with Gasteiger partial charge in [0.1, 0.15) is 0 Å². The molecule has 0 bridgehead atoms. The number of benzene rings is 7. The molecule has 1 heterocycles. The van der Waals surface area contributed by atoms with Crippen molar-refractivity contribution >= 4 is 56.3 Å². The van der Waals surface area contributed by atoms with Gasteiger partial charge in [-0.25, -0.2) is 4.85 Å². The van der Waals surface area contributed by atoms with E-state index in [1.807, 2.05) is 54.6 Å². The zero-order valence-corrected chi connectivity index (χ0v) is 28.0. The molecule has 0 fully saturated rings. The molecule has 0 amide bonds. The maximum atomic E-state index is 10.0. The molecule has 50 heavy (non-hydrogen) atoms. The highest BCUT2D eigenvalue weighted by Crippen LogP contribution is 2.38. The summed E-state index contributed by atoms with van der Waals surface area (Å²) in [6.07, 6.45) is 0. The summed E-state index contributed by atoms with van der Waals surface area (Å²) in [6, 6.07) is 63.2. The molecule has 0 radical (unpaired) electrons. The topological polar surface area (TPSA) is 56.9 Å². The Morgan fingerprint density at radius 3 is 1.52 bits per heavy atom. The molecule has 5 heteroatoms. The summed E-state index contributed by atoms with van der Waals surface area (Å²) in [5.41, 5.74) is 6.33. The number of hydrogen-bond donors (Lipinski definition) is 0. The van der Waals surface area contributed by atoms with Crippen LogP contribution in [0.5, 0.6) is 0 Å². The Labute approximate surface area is 291 Å². The van der Waals surface area contributed by atoms with E-state index >= 15 is 0 Å². The Kier molecular flexibility index (Phi) is 7.63. The van der Waals surface area contributed by atoms with E-state index in [0.29, 0.717) is 16.8 Å². The second-order valence-electron chi connectivity index (χ2n) is 12.3. The quantitative estimate of drug-likeness (QED) is 0.104. The zero-order valence-electron chi connectivity index (χ0n) is 27.0. The van der Waals surface area contributed by atoms with Gasteiger partial charge >= 0.3 is 0 Å². The van der Waals surface area contributed by atoms with Gasteiger partial charge in [0.25, 0.3) is 0 Å². The molecule has 232 valence electrons. The van der Waals surface area contributed by atoms with Crippen LogP contribution in [0.4, 0.5) is 5.69 Å². The SMILES string of the molecule is [C-]#[N+]c1ccc2c(c1)c1cc(C#N)ccc1n2-c1ccc(C#N)cc1-c1ccc([Si](c2ccccc2)(c2ccccc2)c2ccccc2)cc1. The van der Waals surface area contributed by atoms with Gasteiger partial charge in [-0.3, -0.25) is 0 Å². The summed E-state index contributed by atoms with van der Waals surface area (Å²) < 4.78 is 2.18. The first-order chi connectivity index (χ1) is 24.6. The van der Waals surface area contributed by atoms with Crippen LogP contribution >= 0.6 is 0 Å². The molecule has 0 atom stereocenters. The molecule has 0 aliphatic rings. The van der Waals surface area contributed by atoms with Gasteiger partial charge in [-0.2, -0.15) is 10.5 Å². The van der Waals surface area contributed by atoms with Crippen LogP contribution in [0, 0.1) is 29.2 Å². The largest absolute Gasteiger partial charge is 0.309 e. The maximum Gasteiger partial charge on any atom is 0.188 e. The standard InChI is InChI=1S/C45H28N4Si/c1-48-35-21-26-45-42(29-35)41-28-33(31-47)18-25-44(41)49(45)43-24-17-32(30-46)27-40(43)34-19-22-39(23-20-34)50(36-11-5-2-6-12-36,37-13-7-3-8-14-37)38-15-9-4-10-16-38/h2-29H. The monoisotopic (exact) mass is 652 g/mol. The lowest BCUT2D eigenvalue weighted by Crippen LogP contribution is -2.74. The van der Waals surface area contributed by atoms with Gasteiger partial charge in [0, 0.05) is 10.9 Å². The second kappa shape index (κ2) is 12.6. The predicted octanol–water partition coefficient (Wildman–Crippen LogP) is 8.12. The summed E-state index contributed by atoms with van der Waals surface area (Å²) in [4.78, 5) is 3.68. The first-order valence-corrected chi connectivity index (χ1v) is 18.3. The van der Waals surface area contributed by atoms with Crippen molar-refractivity contribution in [2.24, 2.45) is 0 Å². The number of fused-ring (bicyclic) bond motifs is 3. The number of hydrogen-bond acceptors (Lipinski definition) is 2. The van der Waals surface area contributed by atoms with Gasteiger partial charge in [0.15, 0.2) is 13.8 Å². The van der Waals surface area contributed by atoms with Crippen LogP contribution in [-0.2, 0) is 0 Å². The third kappa shape index (κ3) is 4.88. The molecular weight excluding hydrogens is 625 g/mol. The Bertz CT molecular complexity index is 2490. The van der Waals surface area contributed by atoms with Gasteiger partial charge < -0.3 is 4.57 Å². The van der Waals surface area contributed by atoms with Crippen molar-refractivity contribution < 1.29 is 0 Å². The van der Waals surface area contributed by atoms with Crippen LogP contribution in [0.25, 0.3) is 43.5 Å². The van der Waals surface area contributed by atoms with Gasteiger partial charge in [0.2, 0.25) is 0 Å². The highest BCUT2D eigenvalue weighted by molar-refractivity contribution is 7.19. The van der Waals surface area contributed by atoms with Crippen molar-refractivity contribution in [3.8, 4) is 29.0 Å². The summed E-state index contributed by atoms with van der Waals surface area (Å²) >= 11 is 0. The summed E-state index contributed by atoms with van der Waals surface area (Å²) in [6.45, 7) is 7.63. The highest BCUT2D eigenvalue weighted by Gasteiger charge is 2.41. The third-order valence-corrected chi connectivity index (χ3v) is 14.4. The number of aromatic nitrogens is 1. The third-order valence-electron chi connectivity index (χ3n) is 9.62. The molecule has 0 unspecified atom stereocenters. The van der Waals surface area contributed by atoms with E-state index in [2.05, 4.69) is 137 Å². The van der Waals surface area contributed by atoms with E-state index in [9.17, 15) is 10.5 Å². The van der Waals surface area contributed by atoms with E-state index in [1.165, 1.54) is 20.7 Å². The lowest BCUT2D eigenvalue weighted by molar-refractivity contribution is 1.18. The molecule has 8 aromatic rings. The van der Waals surface area contributed by atoms with Crippen molar-refractivity contribution in [2.75, 3.05) is 0 Å². The average Bonchev–Trinajstić information content (AvgIpc) is 3.52. The van der Waals surface area contributed by atoms with Crippen molar-refractivity contribution in [3.05, 3.63) is 192 Å². The van der Waals surface area contributed by atoms with Crippen LogP contribution in [0.15, 0.2) is 170 Å². The predicted molar refractivity (Wildman–Crippen MR) is 206 cm³/mol. The Hall–Kier alpha value is -6.97. The van der Waals surface area contributed by atoms with Gasteiger partial charge in [-0.15, -0.1) is 0 Å². The van der Waals surface area contributed by atoms with Crippen LogP contribution in [0.2, 0.25) is 0 Å². The van der Waals surface area contributed by atoms with Gasteiger partial charge in [0.05, 0.1) is 46.6 Å². The molecule has 4 nitrogen and oxygen atoms in total. The zero-order chi connectivity index (χ0) is 34.1. The average molecular weight is 653 g/mol. The molecule has 0 aliphatic heterocycles. The van der Waals surface area contributed by atoms with E-state index in [4.69, 9.17) is 6.57 Å². The maximum absolute atomic E-state index is 10.0. The molecule has 7 aromatic carbocycles. The molecule has 0 spiro atoms. The molecule has 0 aliphatic carbocycles. The van der Waals surface area contributed by atoms with Crippen LogP contribution in [-0.4, -0.2) is 12.6 Å². The fourth-order valence-corrected chi connectivity index (χ4v) is 12.1. The molecule has 0 N–H and O–H groups in total. The Morgan fingerprint density at radius 1 is 0.500 bits per heavy atom. The summed E-state index contributed by atoms with van der Waals surface area (Å²) in [5, 5.41) is 26.7. The molecule has 1 aromatic heterocycles. The summed E-state index contributed by atoms with van der Waals surface area (Å²) in [7, 11) is -2.71. The summed E-state index contributed by atoms with van der Waals surface area (Å²) in [5.74, 6) is 0. The van der Waals surface area contributed by atoms with Crippen molar-refractivity contribution in [3.63, 3.8) is 0 Å². The first kappa shape index (κ1) is 30.4. The highest BCUT2D eigenvalue weighted by atomic mass is 28.3. The van der Waals surface area contributed by atoms with Crippen LogP contribution in [0.1, 0.15) is 11.1 Å². The molecule has 0 saturated carbocycles. The number of nitriles is 2. The first-order valence-electron chi connectivity index (χ1n) is 16.3. The van der Waals surface area contributed by atoms with Gasteiger partial charge in [-0.05, 0) is 80.2 Å². The Balaban J connectivity index is 1.37.